The van der Waals surface area contributed by atoms with Gasteiger partial charge in [-0.05, 0) is 56.8 Å². The van der Waals surface area contributed by atoms with Crippen molar-refractivity contribution in [3.8, 4) is 11.5 Å². The number of hydrogen-bond acceptors (Lipinski definition) is 4. The first-order valence-corrected chi connectivity index (χ1v) is 7.57. The Balaban J connectivity index is 2.02. The normalized spacial score (nSPS) is 15.0. The molecule has 0 spiro atoms. The van der Waals surface area contributed by atoms with Crippen molar-refractivity contribution in [3.63, 3.8) is 0 Å². The summed E-state index contributed by atoms with van der Waals surface area (Å²) in [5.41, 5.74) is 5.98. The SMILES string of the molecule is COc1cc(C(=O)NCCCN)ccc1OC1CCCC1. The minimum atomic E-state index is -0.117. The summed E-state index contributed by atoms with van der Waals surface area (Å²) in [6.07, 6.45) is 5.65. The van der Waals surface area contributed by atoms with Gasteiger partial charge in [0.05, 0.1) is 13.2 Å². The maximum Gasteiger partial charge on any atom is 0.251 e. The lowest BCUT2D eigenvalue weighted by atomic mass is 10.2. The van der Waals surface area contributed by atoms with E-state index in [4.69, 9.17) is 15.2 Å². The summed E-state index contributed by atoms with van der Waals surface area (Å²) in [6.45, 7) is 1.15. The van der Waals surface area contributed by atoms with Crippen LogP contribution in [0.25, 0.3) is 0 Å². The second-order valence-corrected chi connectivity index (χ2v) is 5.29. The van der Waals surface area contributed by atoms with Crippen LogP contribution in [-0.4, -0.2) is 32.2 Å². The second kappa shape index (κ2) is 7.88. The van der Waals surface area contributed by atoms with Crippen LogP contribution in [0.1, 0.15) is 42.5 Å². The smallest absolute Gasteiger partial charge is 0.251 e. The quantitative estimate of drug-likeness (QED) is 0.755. The Kier molecular flexibility index (Phi) is 5.87. The molecular weight excluding hydrogens is 268 g/mol. The highest BCUT2D eigenvalue weighted by Gasteiger charge is 2.19. The lowest BCUT2D eigenvalue weighted by Crippen LogP contribution is -2.26. The number of methoxy groups -OCH3 is 1. The molecule has 0 saturated heterocycles. The van der Waals surface area contributed by atoms with E-state index in [-0.39, 0.29) is 12.0 Å². The molecule has 5 heteroatoms. The largest absolute Gasteiger partial charge is 0.493 e. The van der Waals surface area contributed by atoms with Gasteiger partial charge in [0.15, 0.2) is 11.5 Å². The molecule has 2 rings (SSSR count). The number of rotatable bonds is 7. The third-order valence-corrected chi connectivity index (χ3v) is 3.69. The highest BCUT2D eigenvalue weighted by atomic mass is 16.5. The predicted molar refractivity (Wildman–Crippen MR) is 81.9 cm³/mol. The number of benzene rings is 1. The maximum atomic E-state index is 12.0. The van der Waals surface area contributed by atoms with E-state index >= 15 is 0 Å². The van der Waals surface area contributed by atoms with Crippen LogP contribution in [0.4, 0.5) is 0 Å². The van der Waals surface area contributed by atoms with Crippen molar-refractivity contribution in [1.29, 1.82) is 0 Å². The van der Waals surface area contributed by atoms with E-state index in [1.165, 1.54) is 12.8 Å². The molecule has 0 atom stereocenters. The average Bonchev–Trinajstić information content (AvgIpc) is 3.00. The highest BCUT2D eigenvalue weighted by Crippen LogP contribution is 2.32. The minimum absolute atomic E-state index is 0.117. The maximum absolute atomic E-state index is 12.0. The third-order valence-electron chi connectivity index (χ3n) is 3.69. The highest BCUT2D eigenvalue weighted by molar-refractivity contribution is 5.94. The predicted octanol–water partition coefficient (Wildman–Crippen LogP) is 2.10. The molecule has 0 aromatic heterocycles. The molecule has 1 saturated carbocycles. The van der Waals surface area contributed by atoms with Crippen molar-refractivity contribution < 1.29 is 14.3 Å². The zero-order valence-electron chi connectivity index (χ0n) is 12.6. The van der Waals surface area contributed by atoms with E-state index in [0.29, 0.717) is 30.2 Å². The third kappa shape index (κ3) is 4.36. The first-order valence-electron chi connectivity index (χ1n) is 7.57. The van der Waals surface area contributed by atoms with E-state index in [9.17, 15) is 4.79 Å². The fourth-order valence-electron chi connectivity index (χ4n) is 2.50. The number of nitrogens with two attached hydrogens (primary N) is 1. The van der Waals surface area contributed by atoms with E-state index in [1.807, 2.05) is 6.07 Å². The van der Waals surface area contributed by atoms with E-state index in [1.54, 1.807) is 19.2 Å². The number of ether oxygens (including phenoxy) is 2. The van der Waals surface area contributed by atoms with Crippen molar-refractivity contribution in [1.82, 2.24) is 5.32 Å². The van der Waals surface area contributed by atoms with Crippen LogP contribution in [0.2, 0.25) is 0 Å². The van der Waals surface area contributed by atoms with Crippen LogP contribution < -0.4 is 20.5 Å². The van der Waals surface area contributed by atoms with Crippen LogP contribution in [0.15, 0.2) is 18.2 Å². The Morgan fingerprint density at radius 1 is 1.33 bits per heavy atom. The van der Waals surface area contributed by atoms with Crippen LogP contribution in [0.3, 0.4) is 0 Å². The Bertz CT molecular complexity index is 471. The molecule has 1 aromatic carbocycles. The summed E-state index contributed by atoms with van der Waals surface area (Å²) in [5, 5.41) is 2.83. The number of carbonyl (C=O) groups excluding carboxylic acids is 1. The van der Waals surface area contributed by atoms with Crippen molar-refractivity contribution in [2.75, 3.05) is 20.2 Å². The second-order valence-electron chi connectivity index (χ2n) is 5.29. The fraction of sp³-hybridized carbons (Fsp3) is 0.562. The van der Waals surface area contributed by atoms with Gasteiger partial charge in [0.2, 0.25) is 0 Å². The van der Waals surface area contributed by atoms with E-state index in [0.717, 1.165) is 19.3 Å². The summed E-state index contributed by atoms with van der Waals surface area (Å²) in [4.78, 5) is 12.0. The van der Waals surface area contributed by atoms with Crippen molar-refractivity contribution in [3.05, 3.63) is 23.8 Å². The molecule has 0 heterocycles. The molecule has 116 valence electrons. The summed E-state index contributed by atoms with van der Waals surface area (Å²) < 4.78 is 11.3. The van der Waals surface area contributed by atoms with Gasteiger partial charge in [-0.15, -0.1) is 0 Å². The zero-order chi connectivity index (χ0) is 15.1. The zero-order valence-corrected chi connectivity index (χ0v) is 12.6. The lowest BCUT2D eigenvalue weighted by Gasteiger charge is -2.16. The van der Waals surface area contributed by atoms with E-state index in [2.05, 4.69) is 5.32 Å². The molecular formula is C16H24N2O3. The molecule has 21 heavy (non-hydrogen) atoms. The topological polar surface area (TPSA) is 73.6 Å². The Labute approximate surface area is 125 Å². The first kappa shape index (κ1) is 15.6. The molecule has 0 bridgehead atoms. The molecule has 5 nitrogen and oxygen atoms in total. The minimum Gasteiger partial charge on any atom is -0.493 e. The van der Waals surface area contributed by atoms with Crippen molar-refractivity contribution in [2.45, 2.75) is 38.2 Å². The monoisotopic (exact) mass is 292 g/mol. The molecule has 0 aliphatic heterocycles. The van der Waals surface area contributed by atoms with Gasteiger partial charge in [-0.1, -0.05) is 0 Å². The number of amides is 1. The van der Waals surface area contributed by atoms with Gasteiger partial charge in [-0.3, -0.25) is 4.79 Å². The first-order chi connectivity index (χ1) is 10.2. The van der Waals surface area contributed by atoms with Gasteiger partial charge in [-0.25, -0.2) is 0 Å². The Morgan fingerprint density at radius 3 is 2.76 bits per heavy atom. The summed E-state index contributed by atoms with van der Waals surface area (Å²) in [6, 6.07) is 5.31. The molecule has 0 unspecified atom stereocenters. The number of hydrogen-bond donors (Lipinski definition) is 2. The van der Waals surface area contributed by atoms with Crippen LogP contribution in [0.5, 0.6) is 11.5 Å². The van der Waals surface area contributed by atoms with Gasteiger partial charge in [0.25, 0.3) is 5.91 Å². The Hall–Kier alpha value is -1.75. The van der Waals surface area contributed by atoms with Gasteiger partial charge >= 0.3 is 0 Å². The standard InChI is InChI=1S/C16H24N2O3/c1-20-15-11-12(16(19)18-10-4-9-17)7-8-14(15)21-13-5-2-3-6-13/h7-8,11,13H,2-6,9-10,17H2,1H3,(H,18,19). The van der Waals surface area contributed by atoms with Gasteiger partial charge in [0, 0.05) is 12.1 Å². The number of carbonyl (C=O) groups is 1. The van der Waals surface area contributed by atoms with Crippen molar-refractivity contribution >= 4 is 5.91 Å². The van der Waals surface area contributed by atoms with E-state index < -0.39 is 0 Å². The molecule has 3 N–H and O–H groups in total. The van der Waals surface area contributed by atoms with Gasteiger partial charge in [0.1, 0.15) is 0 Å². The molecule has 1 aliphatic rings. The van der Waals surface area contributed by atoms with Gasteiger partial charge in [-0.2, -0.15) is 0 Å². The summed E-state index contributed by atoms with van der Waals surface area (Å²) in [5.74, 6) is 1.20. The summed E-state index contributed by atoms with van der Waals surface area (Å²) in [7, 11) is 1.59. The van der Waals surface area contributed by atoms with Crippen molar-refractivity contribution in [2.24, 2.45) is 5.73 Å². The molecule has 1 aliphatic carbocycles. The molecule has 1 aromatic rings. The van der Waals surface area contributed by atoms with Crippen LogP contribution >= 0.6 is 0 Å². The summed E-state index contributed by atoms with van der Waals surface area (Å²) >= 11 is 0. The lowest BCUT2D eigenvalue weighted by molar-refractivity contribution is 0.0953. The molecule has 1 amide bonds. The fourth-order valence-corrected chi connectivity index (χ4v) is 2.50. The number of nitrogens with one attached hydrogen (secondary N) is 1. The Morgan fingerprint density at radius 2 is 2.10 bits per heavy atom. The molecule has 1 fully saturated rings. The van der Waals surface area contributed by atoms with Crippen LogP contribution in [-0.2, 0) is 0 Å². The average molecular weight is 292 g/mol. The van der Waals surface area contributed by atoms with Crippen LogP contribution in [0, 0.1) is 0 Å². The van der Waals surface area contributed by atoms with Gasteiger partial charge < -0.3 is 20.5 Å². The molecule has 0 radical (unpaired) electrons.